The normalized spacial score (nSPS) is 12.4. The van der Waals surface area contributed by atoms with E-state index in [1.165, 1.54) is 0 Å². The van der Waals surface area contributed by atoms with Crippen molar-refractivity contribution in [3.05, 3.63) is 23.6 Å². The Labute approximate surface area is 142 Å². The van der Waals surface area contributed by atoms with Gasteiger partial charge in [0.2, 0.25) is 5.28 Å². The summed E-state index contributed by atoms with van der Waals surface area (Å²) in [6.07, 6.45) is 5.02. The topological polar surface area (TPSA) is 62.1 Å². The van der Waals surface area contributed by atoms with Crippen molar-refractivity contribution in [1.82, 2.24) is 19.5 Å². The zero-order valence-corrected chi connectivity index (χ0v) is 15.8. The molecule has 0 saturated heterocycles. The van der Waals surface area contributed by atoms with E-state index in [0.29, 0.717) is 30.2 Å². The maximum absolute atomic E-state index is 6.01. The minimum absolute atomic E-state index is 0.178. The van der Waals surface area contributed by atoms with Crippen LogP contribution in [0.3, 0.4) is 0 Å². The first-order valence-corrected chi connectivity index (χ1v) is 11.7. The third-order valence-electron chi connectivity index (χ3n) is 3.18. The number of halogens is 1. The van der Waals surface area contributed by atoms with E-state index in [2.05, 4.69) is 34.6 Å². The second-order valence-corrected chi connectivity index (χ2v) is 12.3. The van der Waals surface area contributed by atoms with Crippen LogP contribution in [0.1, 0.15) is 12.6 Å². The van der Waals surface area contributed by atoms with Crippen molar-refractivity contribution in [2.24, 2.45) is 0 Å². The molecule has 0 aliphatic heterocycles. The van der Waals surface area contributed by atoms with Crippen LogP contribution >= 0.6 is 11.6 Å². The molecule has 0 N–H and O–H groups in total. The largest absolute Gasteiger partial charge is 0.501 e. The average Bonchev–Trinajstić information content (AvgIpc) is 2.86. The van der Waals surface area contributed by atoms with Crippen LogP contribution in [0, 0.1) is 0 Å². The Morgan fingerprint density at radius 2 is 2.09 bits per heavy atom. The predicted molar refractivity (Wildman–Crippen MR) is 95.1 cm³/mol. The Hall–Kier alpha value is -1.44. The highest BCUT2D eigenvalue weighted by atomic mass is 35.5. The Morgan fingerprint density at radius 3 is 2.78 bits per heavy atom. The summed E-state index contributed by atoms with van der Waals surface area (Å²) in [5.74, 6) is 0. The van der Waals surface area contributed by atoms with Gasteiger partial charge in [-0.2, -0.15) is 4.98 Å². The summed E-state index contributed by atoms with van der Waals surface area (Å²) < 4.78 is 12.8. The molecular formula is C15H23ClN4O2Si. The molecule has 2 aromatic heterocycles. The molecule has 0 aliphatic rings. The van der Waals surface area contributed by atoms with Gasteiger partial charge in [-0.1, -0.05) is 19.6 Å². The molecular weight excluding hydrogens is 332 g/mol. The van der Waals surface area contributed by atoms with Crippen LogP contribution < -0.4 is 0 Å². The lowest BCUT2D eigenvalue weighted by molar-refractivity contribution is 0.0895. The molecule has 23 heavy (non-hydrogen) atoms. The first-order chi connectivity index (χ1) is 10.9. The Kier molecular flexibility index (Phi) is 6.15. The van der Waals surface area contributed by atoms with Crippen molar-refractivity contribution in [1.29, 1.82) is 0 Å². The smallest absolute Gasteiger partial charge is 0.225 e. The van der Waals surface area contributed by atoms with Gasteiger partial charge in [-0.3, -0.25) is 4.57 Å². The molecule has 0 saturated carbocycles. The van der Waals surface area contributed by atoms with Gasteiger partial charge in [-0.25, -0.2) is 9.97 Å². The van der Waals surface area contributed by atoms with Crippen molar-refractivity contribution in [3.63, 3.8) is 0 Å². The number of aromatic nitrogens is 4. The van der Waals surface area contributed by atoms with E-state index in [4.69, 9.17) is 21.1 Å². The second kappa shape index (κ2) is 7.90. The molecule has 126 valence electrons. The highest BCUT2D eigenvalue weighted by Gasteiger charge is 2.13. The molecule has 2 aromatic rings. The maximum Gasteiger partial charge on any atom is 0.225 e. The molecule has 0 amide bonds. The summed E-state index contributed by atoms with van der Waals surface area (Å²) in [4.78, 5) is 12.8. The summed E-state index contributed by atoms with van der Waals surface area (Å²) in [6.45, 7) is 10.6. The van der Waals surface area contributed by atoms with Crippen molar-refractivity contribution in [3.8, 4) is 0 Å². The lowest BCUT2D eigenvalue weighted by Gasteiger charge is -2.15. The third kappa shape index (κ3) is 5.30. The van der Waals surface area contributed by atoms with Gasteiger partial charge in [-0.05, 0) is 24.6 Å². The highest BCUT2D eigenvalue weighted by Crippen LogP contribution is 2.18. The Bertz CT molecular complexity index is 682. The van der Waals surface area contributed by atoms with E-state index in [1.807, 2.05) is 11.5 Å². The third-order valence-corrected chi connectivity index (χ3v) is 5.05. The second-order valence-electron chi connectivity index (χ2n) is 6.37. The van der Waals surface area contributed by atoms with Crippen molar-refractivity contribution in [2.45, 2.75) is 39.3 Å². The van der Waals surface area contributed by atoms with Crippen LogP contribution in [0.15, 0.2) is 12.6 Å². The summed E-state index contributed by atoms with van der Waals surface area (Å²) in [5, 5.41) is 0.178. The number of ether oxygens (including phenoxy) is 2. The summed E-state index contributed by atoms with van der Waals surface area (Å²) >= 11 is 6.01. The fourth-order valence-electron chi connectivity index (χ4n) is 1.90. The van der Waals surface area contributed by atoms with Crippen LogP contribution in [-0.2, 0) is 16.2 Å². The number of hydrogen-bond donors (Lipinski definition) is 0. The van der Waals surface area contributed by atoms with E-state index in [-0.39, 0.29) is 5.28 Å². The Balaban J connectivity index is 2.13. The number of imidazole rings is 1. The molecule has 0 fully saturated rings. The minimum atomic E-state index is -1.09. The molecule has 0 aliphatic carbocycles. The minimum Gasteiger partial charge on any atom is -0.501 e. The van der Waals surface area contributed by atoms with Crippen LogP contribution in [0.2, 0.25) is 31.0 Å². The van der Waals surface area contributed by atoms with Gasteiger partial charge in [0.1, 0.15) is 12.2 Å². The van der Waals surface area contributed by atoms with Gasteiger partial charge in [0, 0.05) is 20.8 Å². The van der Waals surface area contributed by atoms with E-state index >= 15 is 0 Å². The quantitative estimate of drug-likeness (QED) is 0.312. The van der Waals surface area contributed by atoms with E-state index in [9.17, 15) is 0 Å². The lowest BCUT2D eigenvalue weighted by atomic mass is 10.3. The van der Waals surface area contributed by atoms with Gasteiger partial charge < -0.3 is 9.47 Å². The molecule has 0 radical (unpaired) electrons. The maximum atomic E-state index is 6.01. The summed E-state index contributed by atoms with van der Waals surface area (Å²) in [6, 6.07) is 1.12. The zero-order valence-electron chi connectivity index (χ0n) is 14.0. The van der Waals surface area contributed by atoms with Crippen molar-refractivity contribution in [2.75, 3.05) is 13.2 Å². The monoisotopic (exact) mass is 354 g/mol. The first-order valence-electron chi connectivity index (χ1n) is 7.65. The molecule has 2 rings (SSSR count). The number of hydrogen-bond acceptors (Lipinski definition) is 5. The molecule has 0 spiro atoms. The first kappa shape index (κ1) is 17.9. The van der Waals surface area contributed by atoms with Gasteiger partial charge >= 0.3 is 0 Å². The van der Waals surface area contributed by atoms with Crippen LogP contribution in [0.4, 0.5) is 0 Å². The standard InChI is InChI=1S/C15H23ClN4O2Si/c1-5-21-7-6-12-13-14(19-15(16)18-12)20(10-17-13)11-22-8-9-23(2,3)4/h6-7,10H,5,8-9,11H2,1-4H3/b7-6+. The van der Waals surface area contributed by atoms with E-state index < -0.39 is 8.07 Å². The van der Waals surface area contributed by atoms with Crippen molar-refractivity contribution < 1.29 is 9.47 Å². The van der Waals surface area contributed by atoms with Gasteiger partial charge in [-0.15, -0.1) is 0 Å². The number of nitrogens with zero attached hydrogens (tertiary/aromatic N) is 4. The van der Waals surface area contributed by atoms with Crippen molar-refractivity contribution >= 4 is 36.9 Å². The molecule has 0 atom stereocenters. The molecule has 0 aromatic carbocycles. The van der Waals surface area contributed by atoms with Gasteiger partial charge in [0.15, 0.2) is 5.65 Å². The molecule has 8 heteroatoms. The predicted octanol–water partition coefficient (Wildman–Crippen LogP) is 3.80. The van der Waals surface area contributed by atoms with E-state index in [1.54, 1.807) is 18.7 Å². The number of rotatable bonds is 8. The highest BCUT2D eigenvalue weighted by molar-refractivity contribution is 6.76. The Morgan fingerprint density at radius 1 is 1.30 bits per heavy atom. The average molecular weight is 355 g/mol. The molecule has 0 bridgehead atoms. The zero-order chi connectivity index (χ0) is 16.9. The number of fused-ring (bicyclic) bond motifs is 1. The molecule has 2 heterocycles. The van der Waals surface area contributed by atoms with E-state index in [0.717, 1.165) is 12.7 Å². The van der Waals surface area contributed by atoms with Gasteiger partial charge in [0.25, 0.3) is 0 Å². The molecule has 6 nitrogen and oxygen atoms in total. The van der Waals surface area contributed by atoms with Crippen LogP contribution in [-0.4, -0.2) is 40.8 Å². The fourth-order valence-corrected chi connectivity index (χ4v) is 2.83. The summed E-state index contributed by atoms with van der Waals surface area (Å²) in [5.41, 5.74) is 1.97. The molecule has 0 unspecified atom stereocenters. The van der Waals surface area contributed by atoms with Gasteiger partial charge in [0.05, 0.1) is 24.9 Å². The summed E-state index contributed by atoms with van der Waals surface area (Å²) in [7, 11) is -1.09. The van der Waals surface area contributed by atoms with Crippen LogP contribution in [0.25, 0.3) is 17.2 Å². The SMILES string of the molecule is CCO/C=C/c1nc(Cl)nc2c1ncn2COCC[Si](C)(C)C. The lowest BCUT2D eigenvalue weighted by Crippen LogP contribution is -2.22. The van der Waals surface area contributed by atoms with Crippen LogP contribution in [0.5, 0.6) is 0 Å². The fraction of sp³-hybridized carbons (Fsp3) is 0.533.